The van der Waals surface area contributed by atoms with Crippen LogP contribution in [-0.2, 0) is 29.2 Å². The molecule has 1 aliphatic carbocycles. The molecule has 4 aromatic carbocycles. The average molecular weight is 700 g/mol. The molecule has 0 saturated heterocycles. The molecule has 0 aliphatic heterocycles. The van der Waals surface area contributed by atoms with Gasteiger partial charge in [-0.1, -0.05) is 84.4 Å². The number of alkyl carbamates (subject to hydrolysis) is 1. The van der Waals surface area contributed by atoms with Crippen molar-refractivity contribution in [1.29, 1.82) is 0 Å². The third-order valence-corrected chi connectivity index (χ3v) is 9.21. The van der Waals surface area contributed by atoms with Crippen LogP contribution in [0.3, 0.4) is 0 Å². The van der Waals surface area contributed by atoms with Crippen LogP contribution < -0.4 is 20.3 Å². The van der Waals surface area contributed by atoms with Gasteiger partial charge in [-0.3, -0.25) is 9.69 Å². The lowest BCUT2D eigenvalue weighted by Gasteiger charge is -2.36. The number of nitrogens with zero attached hydrogens (tertiary/aromatic N) is 1. The molecule has 0 bridgehead atoms. The maximum absolute atomic E-state index is 12.9. The monoisotopic (exact) mass is 699 g/mol. The highest BCUT2D eigenvalue weighted by atomic mass is 35.5. The number of hydrogen-bond donors (Lipinski definition) is 4. The summed E-state index contributed by atoms with van der Waals surface area (Å²) in [6.45, 7) is -0.0627. The Balaban J connectivity index is 1.24. The number of aryl methyl sites for hydroxylation is 1. The topological polar surface area (TPSA) is 137 Å². The van der Waals surface area contributed by atoms with Gasteiger partial charge >= 0.3 is 12.2 Å². The second-order valence-electron chi connectivity index (χ2n) is 12.3. The molecule has 1 aliphatic rings. The summed E-state index contributed by atoms with van der Waals surface area (Å²) in [5, 5.41) is 26.1. The third kappa shape index (κ3) is 9.55. The normalized spacial score (nSPS) is 15.5. The Labute approximate surface area is 297 Å². The van der Waals surface area contributed by atoms with Gasteiger partial charge in [-0.15, -0.1) is 0 Å². The SMILES string of the molecule is COc1cc(NC(=O)CCCc2ccc(-c3ccccc3)c(N(C(=O)O)[C@H]3CC[C@H](NC(=O)OCc4ccccc4)CC3)c2)c(Cl)cc1CO. The maximum Gasteiger partial charge on any atom is 0.412 e. The summed E-state index contributed by atoms with van der Waals surface area (Å²) in [4.78, 5) is 39.7. The van der Waals surface area contributed by atoms with Gasteiger partial charge in [0.15, 0.2) is 0 Å². The molecule has 50 heavy (non-hydrogen) atoms. The van der Waals surface area contributed by atoms with E-state index >= 15 is 0 Å². The number of ether oxygens (including phenoxy) is 2. The molecule has 3 amide bonds. The first-order valence-corrected chi connectivity index (χ1v) is 17.1. The number of amides is 3. The molecule has 4 N–H and O–H groups in total. The summed E-state index contributed by atoms with van der Waals surface area (Å²) in [5.74, 6) is 0.195. The van der Waals surface area contributed by atoms with Crippen LogP contribution >= 0.6 is 11.6 Å². The fourth-order valence-electron chi connectivity index (χ4n) is 6.33. The number of nitrogens with one attached hydrogen (secondary N) is 2. The van der Waals surface area contributed by atoms with E-state index in [2.05, 4.69) is 10.6 Å². The fraction of sp³-hybridized carbons (Fsp3) is 0.308. The first kappa shape index (κ1) is 36.2. The quantitative estimate of drug-likeness (QED) is 0.110. The zero-order valence-corrected chi connectivity index (χ0v) is 28.7. The van der Waals surface area contributed by atoms with E-state index in [4.69, 9.17) is 21.1 Å². The molecule has 1 saturated carbocycles. The van der Waals surface area contributed by atoms with Gasteiger partial charge in [-0.05, 0) is 67.3 Å². The van der Waals surface area contributed by atoms with E-state index in [9.17, 15) is 24.6 Å². The lowest BCUT2D eigenvalue weighted by Crippen LogP contribution is -2.46. The summed E-state index contributed by atoms with van der Waals surface area (Å²) >= 11 is 6.32. The summed E-state index contributed by atoms with van der Waals surface area (Å²) in [6, 6.07) is 27.7. The van der Waals surface area contributed by atoms with Crippen LogP contribution in [0.2, 0.25) is 5.02 Å². The molecule has 5 rings (SSSR count). The molecule has 262 valence electrons. The highest BCUT2D eigenvalue weighted by molar-refractivity contribution is 6.33. The maximum atomic E-state index is 12.9. The summed E-state index contributed by atoms with van der Waals surface area (Å²) in [5.41, 5.74) is 5.01. The number of anilines is 2. The number of aliphatic hydroxyl groups excluding tert-OH is 1. The molecule has 10 nitrogen and oxygen atoms in total. The molecule has 0 heterocycles. The molecule has 0 spiro atoms. The molecular weight excluding hydrogens is 658 g/mol. The molecule has 0 radical (unpaired) electrons. The lowest BCUT2D eigenvalue weighted by atomic mass is 9.89. The highest BCUT2D eigenvalue weighted by Gasteiger charge is 2.32. The van der Waals surface area contributed by atoms with Crippen LogP contribution in [0.1, 0.15) is 55.2 Å². The van der Waals surface area contributed by atoms with Crippen LogP contribution in [-0.4, -0.2) is 47.5 Å². The lowest BCUT2D eigenvalue weighted by molar-refractivity contribution is -0.116. The summed E-state index contributed by atoms with van der Waals surface area (Å²) < 4.78 is 10.7. The first-order chi connectivity index (χ1) is 24.2. The van der Waals surface area contributed by atoms with Crippen molar-refractivity contribution in [3.63, 3.8) is 0 Å². The van der Waals surface area contributed by atoms with Crippen molar-refractivity contribution in [2.75, 3.05) is 17.3 Å². The van der Waals surface area contributed by atoms with Crippen molar-refractivity contribution < 1.29 is 34.1 Å². The van der Waals surface area contributed by atoms with Gasteiger partial charge in [0.05, 0.1) is 30.1 Å². The molecular formula is C39H42ClN3O7. The van der Waals surface area contributed by atoms with Gasteiger partial charge in [-0.25, -0.2) is 9.59 Å². The number of methoxy groups -OCH3 is 1. The van der Waals surface area contributed by atoms with E-state index in [0.29, 0.717) is 66.2 Å². The van der Waals surface area contributed by atoms with Crippen LogP contribution in [0.15, 0.2) is 91.0 Å². The van der Waals surface area contributed by atoms with Crippen molar-refractivity contribution in [3.8, 4) is 16.9 Å². The van der Waals surface area contributed by atoms with Crippen molar-refractivity contribution >= 4 is 41.1 Å². The van der Waals surface area contributed by atoms with E-state index < -0.39 is 12.2 Å². The zero-order valence-electron chi connectivity index (χ0n) is 27.9. The van der Waals surface area contributed by atoms with Gasteiger partial charge in [0, 0.05) is 35.7 Å². The van der Waals surface area contributed by atoms with Gasteiger partial charge < -0.3 is 30.3 Å². The van der Waals surface area contributed by atoms with Crippen LogP contribution in [0.4, 0.5) is 21.0 Å². The van der Waals surface area contributed by atoms with Crippen LogP contribution in [0.25, 0.3) is 11.1 Å². The van der Waals surface area contributed by atoms with E-state index in [1.165, 1.54) is 12.0 Å². The number of halogens is 1. The van der Waals surface area contributed by atoms with Gasteiger partial charge in [-0.2, -0.15) is 0 Å². The second kappa shape index (κ2) is 17.6. The fourth-order valence-corrected chi connectivity index (χ4v) is 6.56. The van der Waals surface area contributed by atoms with E-state index in [0.717, 1.165) is 22.3 Å². The molecule has 11 heteroatoms. The van der Waals surface area contributed by atoms with E-state index in [1.807, 2.05) is 78.9 Å². The van der Waals surface area contributed by atoms with Crippen molar-refractivity contribution in [3.05, 3.63) is 113 Å². The Bertz CT molecular complexity index is 1760. The minimum Gasteiger partial charge on any atom is -0.496 e. The van der Waals surface area contributed by atoms with E-state index in [1.54, 1.807) is 12.1 Å². The third-order valence-electron chi connectivity index (χ3n) is 8.89. The Kier molecular flexibility index (Phi) is 12.7. The Hall–Kier alpha value is -5.06. The number of benzene rings is 4. The van der Waals surface area contributed by atoms with E-state index in [-0.39, 0.29) is 37.6 Å². The van der Waals surface area contributed by atoms with Crippen LogP contribution in [0, 0.1) is 0 Å². The van der Waals surface area contributed by atoms with Gasteiger partial charge in [0.25, 0.3) is 0 Å². The standard InChI is InChI=1S/C39H42ClN3O7/c1-49-36-23-34(33(40)22-29(36)24-44)42-37(45)14-8-11-26-15-20-32(28-12-6-3-7-13-28)35(21-26)43(39(47)48)31-18-16-30(17-19-31)41-38(46)50-25-27-9-4-2-5-10-27/h2-7,9-10,12-13,15,20-23,30-31,44H,8,11,14,16-19,24-25H2,1H3,(H,41,46)(H,42,45)(H,47,48)/t30-,31-. The molecule has 0 unspecified atom stereocenters. The average Bonchev–Trinajstić information content (AvgIpc) is 3.13. The Morgan fingerprint density at radius 2 is 1.60 bits per heavy atom. The number of carbonyl (C=O) groups is 3. The largest absolute Gasteiger partial charge is 0.496 e. The number of carbonyl (C=O) groups excluding carboxylic acids is 2. The van der Waals surface area contributed by atoms with Gasteiger partial charge in [0.2, 0.25) is 5.91 Å². The zero-order chi connectivity index (χ0) is 35.5. The number of carboxylic acid groups (broad SMARTS) is 1. The Morgan fingerprint density at radius 1 is 0.900 bits per heavy atom. The summed E-state index contributed by atoms with van der Waals surface area (Å²) in [7, 11) is 1.48. The molecule has 0 aromatic heterocycles. The predicted octanol–water partition coefficient (Wildman–Crippen LogP) is 8.19. The second-order valence-corrected chi connectivity index (χ2v) is 12.7. The highest BCUT2D eigenvalue weighted by Crippen LogP contribution is 2.37. The minimum atomic E-state index is -1.04. The molecule has 4 aromatic rings. The first-order valence-electron chi connectivity index (χ1n) is 16.7. The summed E-state index contributed by atoms with van der Waals surface area (Å²) in [6.07, 6.45) is 2.12. The Morgan fingerprint density at radius 3 is 2.26 bits per heavy atom. The predicted molar refractivity (Wildman–Crippen MR) is 194 cm³/mol. The van der Waals surface area contributed by atoms with Crippen molar-refractivity contribution in [2.24, 2.45) is 0 Å². The smallest absolute Gasteiger partial charge is 0.412 e. The minimum absolute atomic E-state index is 0.111. The molecule has 1 fully saturated rings. The van der Waals surface area contributed by atoms with Crippen molar-refractivity contribution in [2.45, 2.75) is 70.2 Å². The number of aliphatic hydroxyl groups is 1. The van der Waals surface area contributed by atoms with Crippen LogP contribution in [0.5, 0.6) is 5.75 Å². The van der Waals surface area contributed by atoms with Gasteiger partial charge in [0.1, 0.15) is 12.4 Å². The van der Waals surface area contributed by atoms with Crippen molar-refractivity contribution in [1.82, 2.24) is 5.32 Å². The number of rotatable bonds is 13. The number of hydrogen-bond acceptors (Lipinski definition) is 6. The molecule has 0 atom stereocenters.